The molecular formula is C14H23NO5S2. The van der Waals surface area contributed by atoms with E-state index in [0.717, 1.165) is 6.42 Å². The van der Waals surface area contributed by atoms with Gasteiger partial charge in [-0.3, -0.25) is 14.4 Å². The van der Waals surface area contributed by atoms with Crippen molar-refractivity contribution in [1.29, 1.82) is 0 Å². The van der Waals surface area contributed by atoms with Gasteiger partial charge in [0.25, 0.3) is 0 Å². The number of esters is 1. The first kappa shape index (κ1) is 19.3. The Morgan fingerprint density at radius 2 is 2.09 bits per heavy atom. The molecule has 1 aliphatic rings. The fraction of sp³-hybridized carbons (Fsp3) is 0.786. The maximum Gasteiger partial charge on any atom is 0.313 e. The highest BCUT2D eigenvalue weighted by molar-refractivity contribution is 8.76. The fourth-order valence-corrected chi connectivity index (χ4v) is 3.87. The van der Waals surface area contributed by atoms with Crippen molar-refractivity contribution >= 4 is 39.2 Å². The molecule has 1 N–H and O–H groups in total. The molecule has 0 aliphatic carbocycles. The summed E-state index contributed by atoms with van der Waals surface area (Å²) in [4.78, 5) is 37.1. The van der Waals surface area contributed by atoms with Crippen LogP contribution in [0.2, 0.25) is 0 Å². The number of rotatable bonds is 11. The molecule has 0 saturated carbocycles. The van der Waals surface area contributed by atoms with E-state index in [4.69, 9.17) is 9.84 Å². The summed E-state index contributed by atoms with van der Waals surface area (Å²) in [5.41, 5.74) is 0. The summed E-state index contributed by atoms with van der Waals surface area (Å²) < 4.78 is 5.02. The van der Waals surface area contributed by atoms with Gasteiger partial charge in [-0.25, -0.2) is 0 Å². The van der Waals surface area contributed by atoms with Crippen LogP contribution in [0.1, 0.15) is 32.6 Å². The van der Waals surface area contributed by atoms with Crippen molar-refractivity contribution in [1.82, 2.24) is 4.90 Å². The number of carbonyl (C=O) groups excluding carboxylic acids is 3. The van der Waals surface area contributed by atoms with Crippen LogP contribution in [0.5, 0.6) is 0 Å². The smallest absolute Gasteiger partial charge is 0.313 e. The Bertz CT molecular complexity index is 391. The minimum atomic E-state index is -0.539. The Labute approximate surface area is 138 Å². The average molecular weight is 349 g/mol. The Morgan fingerprint density at radius 3 is 2.68 bits per heavy atom. The van der Waals surface area contributed by atoms with Crippen molar-refractivity contribution in [3.8, 4) is 0 Å². The SMILES string of the molecule is CC[C@@H](C(=O)CC(=O)OCCSSCCO)N1CCCC1=O. The molecule has 0 aromatic carbocycles. The van der Waals surface area contributed by atoms with Crippen LogP contribution in [0.15, 0.2) is 0 Å². The van der Waals surface area contributed by atoms with Crippen LogP contribution >= 0.6 is 21.6 Å². The number of aliphatic hydroxyl groups excluding tert-OH is 1. The molecule has 0 aromatic rings. The molecule has 0 bridgehead atoms. The molecule has 0 radical (unpaired) electrons. The zero-order valence-electron chi connectivity index (χ0n) is 12.8. The van der Waals surface area contributed by atoms with Gasteiger partial charge in [0.1, 0.15) is 13.0 Å². The van der Waals surface area contributed by atoms with Crippen LogP contribution in [-0.4, -0.2) is 65.0 Å². The zero-order valence-corrected chi connectivity index (χ0v) is 14.4. The van der Waals surface area contributed by atoms with E-state index in [1.807, 2.05) is 6.92 Å². The number of ether oxygens (including phenoxy) is 1. The molecule has 1 rings (SSSR count). The predicted molar refractivity (Wildman–Crippen MR) is 87.6 cm³/mol. The Hall–Kier alpha value is -0.730. The third kappa shape index (κ3) is 6.58. The number of carbonyl (C=O) groups is 3. The molecule has 8 heteroatoms. The van der Waals surface area contributed by atoms with Crippen LogP contribution in [0.25, 0.3) is 0 Å². The van der Waals surface area contributed by atoms with Gasteiger partial charge in [-0.2, -0.15) is 0 Å². The lowest BCUT2D eigenvalue weighted by Crippen LogP contribution is -2.42. The minimum absolute atomic E-state index is 0.00845. The van der Waals surface area contributed by atoms with Crippen LogP contribution in [0.3, 0.4) is 0 Å². The minimum Gasteiger partial charge on any atom is -0.464 e. The van der Waals surface area contributed by atoms with Crippen molar-refractivity contribution in [3.05, 3.63) is 0 Å². The van der Waals surface area contributed by atoms with E-state index in [-0.39, 0.29) is 31.3 Å². The largest absolute Gasteiger partial charge is 0.464 e. The topological polar surface area (TPSA) is 83.9 Å². The van der Waals surface area contributed by atoms with Gasteiger partial charge in [-0.05, 0) is 12.8 Å². The van der Waals surface area contributed by atoms with Crippen molar-refractivity contribution in [2.45, 2.75) is 38.6 Å². The quantitative estimate of drug-likeness (QED) is 0.260. The molecule has 1 atom stereocenters. The van der Waals surface area contributed by atoms with E-state index in [0.29, 0.717) is 30.9 Å². The summed E-state index contributed by atoms with van der Waals surface area (Å²) in [6.07, 6.45) is 1.50. The van der Waals surface area contributed by atoms with E-state index >= 15 is 0 Å². The summed E-state index contributed by atoms with van der Waals surface area (Å²) in [5, 5.41) is 8.61. The molecule has 0 spiro atoms. The molecule has 1 fully saturated rings. The van der Waals surface area contributed by atoms with E-state index in [9.17, 15) is 14.4 Å². The summed E-state index contributed by atoms with van der Waals surface area (Å²) in [5.74, 6) is 0.463. The highest BCUT2D eigenvalue weighted by Gasteiger charge is 2.32. The van der Waals surface area contributed by atoms with E-state index in [2.05, 4.69) is 0 Å². The predicted octanol–water partition coefficient (Wildman–Crippen LogP) is 1.26. The lowest BCUT2D eigenvalue weighted by atomic mass is 10.1. The lowest BCUT2D eigenvalue weighted by molar-refractivity contribution is -0.148. The molecule has 0 aromatic heterocycles. The number of hydrogen-bond donors (Lipinski definition) is 1. The molecule has 22 heavy (non-hydrogen) atoms. The second kappa shape index (κ2) is 10.9. The van der Waals surface area contributed by atoms with Crippen molar-refractivity contribution in [3.63, 3.8) is 0 Å². The number of aliphatic hydroxyl groups is 1. The van der Waals surface area contributed by atoms with Crippen molar-refractivity contribution in [2.75, 3.05) is 31.3 Å². The van der Waals surface area contributed by atoms with E-state index in [1.54, 1.807) is 4.90 Å². The molecule has 126 valence electrons. The van der Waals surface area contributed by atoms with Gasteiger partial charge in [-0.1, -0.05) is 28.5 Å². The van der Waals surface area contributed by atoms with Crippen LogP contribution < -0.4 is 0 Å². The molecular weight excluding hydrogens is 326 g/mol. The van der Waals surface area contributed by atoms with Crippen LogP contribution in [0.4, 0.5) is 0 Å². The Balaban J connectivity index is 2.27. The number of likely N-dealkylation sites (tertiary alicyclic amines) is 1. The van der Waals surface area contributed by atoms with E-state index < -0.39 is 12.0 Å². The number of hydrogen-bond acceptors (Lipinski definition) is 7. The lowest BCUT2D eigenvalue weighted by Gasteiger charge is -2.25. The third-order valence-corrected chi connectivity index (χ3v) is 5.60. The van der Waals surface area contributed by atoms with Crippen molar-refractivity contribution in [2.24, 2.45) is 0 Å². The van der Waals surface area contributed by atoms with Gasteiger partial charge >= 0.3 is 5.97 Å². The second-order valence-electron chi connectivity index (χ2n) is 4.85. The first-order valence-electron chi connectivity index (χ1n) is 7.43. The molecule has 1 amide bonds. The molecule has 0 unspecified atom stereocenters. The summed E-state index contributed by atoms with van der Waals surface area (Å²) in [6, 6.07) is -0.503. The number of amides is 1. The first-order chi connectivity index (χ1) is 10.6. The fourth-order valence-electron chi connectivity index (χ4n) is 2.28. The maximum absolute atomic E-state index is 12.2. The molecule has 1 aliphatic heterocycles. The highest BCUT2D eigenvalue weighted by atomic mass is 33.1. The van der Waals surface area contributed by atoms with Crippen LogP contribution in [-0.2, 0) is 19.1 Å². The second-order valence-corrected chi connectivity index (χ2v) is 7.55. The maximum atomic E-state index is 12.2. The van der Waals surface area contributed by atoms with Gasteiger partial charge < -0.3 is 14.7 Å². The third-order valence-electron chi connectivity index (χ3n) is 3.25. The van der Waals surface area contributed by atoms with Gasteiger partial charge in [0.2, 0.25) is 5.91 Å². The number of Topliss-reactive ketones (excluding diaryl/α,β-unsaturated/α-hetero) is 1. The zero-order chi connectivity index (χ0) is 16.4. The van der Waals surface area contributed by atoms with Gasteiger partial charge in [-0.15, -0.1) is 0 Å². The monoisotopic (exact) mass is 349 g/mol. The first-order valence-corrected chi connectivity index (χ1v) is 9.92. The Kier molecular flexibility index (Phi) is 9.58. The van der Waals surface area contributed by atoms with Crippen LogP contribution in [0, 0.1) is 0 Å². The summed E-state index contributed by atoms with van der Waals surface area (Å²) in [6.45, 7) is 2.81. The summed E-state index contributed by atoms with van der Waals surface area (Å²) >= 11 is 0. The van der Waals surface area contributed by atoms with E-state index in [1.165, 1.54) is 21.6 Å². The van der Waals surface area contributed by atoms with Gasteiger partial charge in [0.15, 0.2) is 5.78 Å². The molecule has 1 heterocycles. The average Bonchev–Trinajstić information content (AvgIpc) is 2.90. The van der Waals surface area contributed by atoms with Crippen molar-refractivity contribution < 1.29 is 24.2 Å². The number of ketones is 1. The highest BCUT2D eigenvalue weighted by Crippen LogP contribution is 2.20. The summed E-state index contributed by atoms with van der Waals surface area (Å²) in [7, 11) is 3.02. The van der Waals surface area contributed by atoms with Gasteiger partial charge in [0, 0.05) is 24.5 Å². The van der Waals surface area contributed by atoms with Gasteiger partial charge in [0.05, 0.1) is 12.6 Å². The standard InChI is InChI=1S/C14H23NO5S2/c1-2-11(15-5-3-4-13(15)18)12(17)10-14(19)20-7-9-22-21-8-6-16/h11,16H,2-10H2,1H3/t11-/m0/s1. The molecule has 6 nitrogen and oxygen atoms in total. The normalized spacial score (nSPS) is 15.9. The Morgan fingerprint density at radius 1 is 1.36 bits per heavy atom. The molecule has 1 saturated heterocycles. The number of nitrogens with zero attached hydrogens (tertiary/aromatic N) is 1.